The van der Waals surface area contributed by atoms with Crippen molar-refractivity contribution in [3.05, 3.63) is 36.5 Å². The summed E-state index contributed by atoms with van der Waals surface area (Å²) >= 11 is 0. The van der Waals surface area contributed by atoms with E-state index < -0.39 is 124 Å². The second kappa shape index (κ2) is 44.5. The van der Waals surface area contributed by atoms with Gasteiger partial charge in [0.15, 0.2) is 18.9 Å². The lowest BCUT2D eigenvalue weighted by Crippen LogP contribution is -2.66. The Hall–Kier alpha value is -1.99. The van der Waals surface area contributed by atoms with Crippen molar-refractivity contribution in [1.29, 1.82) is 0 Å². The molecule has 0 aliphatic carbocycles. The first kappa shape index (κ1) is 72.3. The Labute approximate surface area is 479 Å². The zero-order chi connectivity index (χ0) is 58.3. The summed E-state index contributed by atoms with van der Waals surface area (Å²) in [5.41, 5.74) is 0. The third-order valence-electron chi connectivity index (χ3n) is 15.7. The molecular weight excluding hydrogens is 1030 g/mol. The minimum absolute atomic E-state index is 0.225. The van der Waals surface area contributed by atoms with Gasteiger partial charge in [0.05, 0.1) is 38.6 Å². The number of carbonyl (C=O) groups is 1. The molecule has 0 radical (unpaired) electrons. The van der Waals surface area contributed by atoms with Crippen LogP contribution in [-0.2, 0) is 33.2 Å². The molecule has 0 saturated carbocycles. The second-order valence-electron chi connectivity index (χ2n) is 22.5. The molecule has 468 valence electrons. The average molecular weight is 1150 g/mol. The Balaban J connectivity index is 1.47. The number of amides is 1. The van der Waals surface area contributed by atoms with Gasteiger partial charge in [0, 0.05) is 6.42 Å². The van der Waals surface area contributed by atoms with Crippen molar-refractivity contribution in [2.24, 2.45) is 0 Å². The summed E-state index contributed by atoms with van der Waals surface area (Å²) in [6.45, 7) is 1.65. The Morgan fingerprint density at radius 3 is 1.29 bits per heavy atom. The summed E-state index contributed by atoms with van der Waals surface area (Å²) in [6.07, 6.45) is 21.5. The SMILES string of the molecule is CCCC/C=C\CCCCCCCC(=O)NC(COC1OC(CO)C(OC2OC(CO)C(OC3OC(CO)C(O)C(O)C3O)C(O)C2O)C(O)C1O)C(O)/C=C/CC/C=C/CCCCCCCCCCCCCCCCCCCC. The van der Waals surface area contributed by atoms with E-state index in [1.54, 1.807) is 6.08 Å². The van der Waals surface area contributed by atoms with E-state index in [1.807, 2.05) is 6.08 Å². The van der Waals surface area contributed by atoms with Gasteiger partial charge in [-0.05, 0) is 51.4 Å². The van der Waals surface area contributed by atoms with Gasteiger partial charge < -0.3 is 89.9 Å². The van der Waals surface area contributed by atoms with Gasteiger partial charge >= 0.3 is 0 Å². The van der Waals surface area contributed by atoms with Crippen LogP contribution >= 0.6 is 0 Å². The third kappa shape index (κ3) is 27.8. The highest BCUT2D eigenvalue weighted by Crippen LogP contribution is 2.33. The predicted molar refractivity (Wildman–Crippen MR) is 305 cm³/mol. The van der Waals surface area contributed by atoms with Crippen LogP contribution < -0.4 is 5.32 Å². The van der Waals surface area contributed by atoms with Crippen LogP contribution in [0.2, 0.25) is 0 Å². The average Bonchev–Trinajstić information content (AvgIpc) is 3.58. The van der Waals surface area contributed by atoms with Gasteiger partial charge in [0.2, 0.25) is 5.91 Å². The first-order valence-electron chi connectivity index (χ1n) is 31.2. The lowest BCUT2D eigenvalue weighted by Gasteiger charge is -2.48. The smallest absolute Gasteiger partial charge is 0.220 e. The topological polar surface area (TPSA) is 307 Å². The maximum absolute atomic E-state index is 13.3. The number of rotatable bonds is 46. The van der Waals surface area contributed by atoms with Crippen molar-refractivity contribution in [2.75, 3.05) is 26.4 Å². The van der Waals surface area contributed by atoms with Crippen LogP contribution in [0.4, 0.5) is 0 Å². The van der Waals surface area contributed by atoms with E-state index in [2.05, 4.69) is 43.5 Å². The molecular formula is C61H111NO18. The molecule has 3 rings (SSSR count). The van der Waals surface area contributed by atoms with Crippen LogP contribution in [0.5, 0.6) is 0 Å². The number of allylic oxidation sites excluding steroid dienone is 5. The molecule has 0 aromatic heterocycles. The molecule has 0 spiro atoms. The minimum Gasteiger partial charge on any atom is -0.394 e. The van der Waals surface area contributed by atoms with Crippen LogP contribution in [0.15, 0.2) is 36.5 Å². The zero-order valence-corrected chi connectivity index (χ0v) is 48.8. The van der Waals surface area contributed by atoms with E-state index in [4.69, 9.17) is 28.4 Å². The predicted octanol–water partition coefficient (Wildman–Crippen LogP) is 6.10. The lowest BCUT2D eigenvalue weighted by molar-refractivity contribution is -0.379. The minimum atomic E-state index is -1.98. The molecule has 3 fully saturated rings. The van der Waals surface area contributed by atoms with Gasteiger partial charge in [0.25, 0.3) is 0 Å². The fourth-order valence-electron chi connectivity index (χ4n) is 10.5. The Kier molecular flexibility index (Phi) is 40.2. The number of nitrogens with one attached hydrogen (secondary N) is 1. The number of aliphatic hydroxyl groups is 11. The first-order valence-corrected chi connectivity index (χ1v) is 31.2. The van der Waals surface area contributed by atoms with Crippen LogP contribution in [0, 0.1) is 0 Å². The van der Waals surface area contributed by atoms with Gasteiger partial charge in [-0.15, -0.1) is 0 Å². The monoisotopic (exact) mass is 1150 g/mol. The number of ether oxygens (including phenoxy) is 6. The number of carbonyl (C=O) groups excluding carboxylic acids is 1. The van der Waals surface area contributed by atoms with E-state index in [9.17, 15) is 61.0 Å². The summed E-state index contributed by atoms with van der Waals surface area (Å²) < 4.78 is 34.2. The fourth-order valence-corrected chi connectivity index (χ4v) is 10.5. The molecule has 3 aliphatic rings. The van der Waals surface area contributed by atoms with Gasteiger partial charge in [-0.3, -0.25) is 4.79 Å². The summed E-state index contributed by atoms with van der Waals surface area (Å²) in [5.74, 6) is -0.297. The Morgan fingerprint density at radius 1 is 0.438 bits per heavy atom. The summed E-state index contributed by atoms with van der Waals surface area (Å²) in [6, 6.07) is -0.992. The first-order chi connectivity index (χ1) is 38.8. The van der Waals surface area contributed by atoms with Crippen LogP contribution in [0.1, 0.15) is 213 Å². The standard InChI is InChI=1S/C61H111NO18/c1-3-5-7-9-11-13-15-16-17-18-19-20-21-22-23-24-25-26-27-29-30-32-34-36-38-45(66)44(62-49(67)39-37-35-33-31-28-14-12-10-8-6-4-2)43-75-59-55(73)52(70)57(47(41-64)77-59)80-61-56(74)53(71)58(48(42-65)78-61)79-60-54(72)51(69)50(68)46(40-63)76-60/h10,12,29-30,36,38,44-48,50-61,63-66,68-74H,3-9,11,13-28,31-35,37,39-43H2,1-2H3,(H,62,67)/b12-10-,30-29+,38-36+. The second-order valence-corrected chi connectivity index (χ2v) is 22.5. The molecule has 0 aromatic carbocycles. The van der Waals surface area contributed by atoms with E-state index in [1.165, 1.54) is 122 Å². The van der Waals surface area contributed by atoms with Crippen molar-refractivity contribution in [3.63, 3.8) is 0 Å². The van der Waals surface area contributed by atoms with Crippen molar-refractivity contribution in [1.82, 2.24) is 5.32 Å². The fraction of sp³-hybridized carbons (Fsp3) is 0.885. The maximum atomic E-state index is 13.3. The maximum Gasteiger partial charge on any atom is 0.220 e. The molecule has 1 amide bonds. The Morgan fingerprint density at radius 2 is 0.812 bits per heavy atom. The van der Waals surface area contributed by atoms with Crippen LogP contribution in [0.3, 0.4) is 0 Å². The largest absolute Gasteiger partial charge is 0.394 e. The summed E-state index contributed by atoms with van der Waals surface area (Å²) in [4.78, 5) is 13.3. The summed E-state index contributed by atoms with van der Waals surface area (Å²) in [7, 11) is 0. The molecule has 17 unspecified atom stereocenters. The van der Waals surface area contributed by atoms with Crippen molar-refractivity contribution in [2.45, 2.75) is 317 Å². The van der Waals surface area contributed by atoms with E-state index in [0.29, 0.717) is 12.8 Å². The molecule has 19 nitrogen and oxygen atoms in total. The third-order valence-corrected chi connectivity index (χ3v) is 15.7. The molecule has 80 heavy (non-hydrogen) atoms. The Bertz CT molecular complexity index is 1600. The molecule has 3 heterocycles. The van der Waals surface area contributed by atoms with E-state index >= 15 is 0 Å². The molecule has 0 bridgehead atoms. The zero-order valence-electron chi connectivity index (χ0n) is 48.8. The van der Waals surface area contributed by atoms with Crippen LogP contribution in [-0.4, -0.2) is 193 Å². The summed E-state index contributed by atoms with van der Waals surface area (Å²) in [5, 5.41) is 120. The van der Waals surface area contributed by atoms with Crippen molar-refractivity contribution < 1.29 is 89.4 Å². The van der Waals surface area contributed by atoms with Crippen molar-refractivity contribution in [3.8, 4) is 0 Å². The highest BCUT2D eigenvalue weighted by Gasteiger charge is 2.53. The molecule has 17 atom stereocenters. The molecule has 3 aliphatic heterocycles. The van der Waals surface area contributed by atoms with Gasteiger partial charge in [0.1, 0.15) is 73.2 Å². The van der Waals surface area contributed by atoms with Gasteiger partial charge in [-0.1, -0.05) is 192 Å². The number of unbranched alkanes of at least 4 members (excludes halogenated alkanes) is 26. The molecule has 3 saturated heterocycles. The highest BCUT2D eigenvalue weighted by atomic mass is 16.8. The highest BCUT2D eigenvalue weighted by molar-refractivity contribution is 5.76. The molecule has 12 N–H and O–H groups in total. The lowest BCUT2D eigenvalue weighted by atomic mass is 9.96. The van der Waals surface area contributed by atoms with Crippen LogP contribution in [0.25, 0.3) is 0 Å². The van der Waals surface area contributed by atoms with E-state index in [-0.39, 0.29) is 18.9 Å². The van der Waals surface area contributed by atoms with E-state index in [0.717, 1.165) is 57.8 Å². The molecule has 0 aromatic rings. The van der Waals surface area contributed by atoms with Gasteiger partial charge in [-0.25, -0.2) is 0 Å². The normalized spacial score (nSPS) is 30.2. The van der Waals surface area contributed by atoms with Gasteiger partial charge in [-0.2, -0.15) is 0 Å². The molecule has 19 heteroatoms. The quantitative estimate of drug-likeness (QED) is 0.0242. The number of hydrogen-bond acceptors (Lipinski definition) is 18. The number of aliphatic hydroxyl groups excluding tert-OH is 11. The van der Waals surface area contributed by atoms with Crippen molar-refractivity contribution >= 4 is 5.91 Å². The number of hydrogen-bond donors (Lipinski definition) is 12.